The predicted octanol–water partition coefficient (Wildman–Crippen LogP) is 4.80. The Labute approximate surface area is 141 Å². The van der Waals surface area contributed by atoms with Crippen LogP contribution in [0.25, 0.3) is 11.6 Å². The predicted molar refractivity (Wildman–Crippen MR) is 93.1 cm³/mol. The van der Waals surface area contributed by atoms with Crippen molar-refractivity contribution < 1.29 is 4.79 Å². The molecule has 2 N–H and O–H groups in total. The van der Waals surface area contributed by atoms with E-state index >= 15 is 0 Å². The second kappa shape index (κ2) is 5.28. The van der Waals surface area contributed by atoms with E-state index in [1.807, 2.05) is 12.1 Å². The van der Waals surface area contributed by atoms with Gasteiger partial charge in [-0.1, -0.05) is 11.6 Å². The van der Waals surface area contributed by atoms with E-state index < -0.39 is 0 Å². The smallest absolute Gasteiger partial charge is 0.256 e. The first-order valence-electron chi connectivity index (χ1n) is 7.35. The Hall–Kier alpha value is -1.52. The summed E-state index contributed by atoms with van der Waals surface area (Å²) >= 11 is 9.57. The first kappa shape index (κ1) is 14.1. The Morgan fingerprint density at radius 1 is 1.18 bits per heavy atom. The summed E-state index contributed by atoms with van der Waals surface area (Å²) in [6.07, 6.45) is 6.61. The van der Waals surface area contributed by atoms with Crippen LogP contribution in [0.5, 0.6) is 0 Å². The molecule has 1 aromatic carbocycles. The van der Waals surface area contributed by atoms with Gasteiger partial charge in [-0.3, -0.25) is 4.79 Å². The third-order valence-electron chi connectivity index (χ3n) is 4.26. The van der Waals surface area contributed by atoms with Crippen LogP contribution in [0, 0.1) is 0 Å². The van der Waals surface area contributed by atoms with Crippen molar-refractivity contribution in [1.29, 1.82) is 0 Å². The Morgan fingerprint density at radius 3 is 2.82 bits per heavy atom. The molecule has 1 amide bonds. The van der Waals surface area contributed by atoms with Crippen LogP contribution < -0.4 is 5.32 Å². The van der Waals surface area contributed by atoms with E-state index in [-0.39, 0.29) is 5.91 Å². The number of H-pyrrole nitrogens is 1. The molecular formula is C17H14BrClN2O. The fourth-order valence-electron chi connectivity index (χ4n) is 3.22. The molecule has 0 bridgehead atoms. The Kier molecular flexibility index (Phi) is 3.39. The molecule has 1 aromatic heterocycles. The van der Waals surface area contributed by atoms with E-state index in [2.05, 4.69) is 32.3 Å². The van der Waals surface area contributed by atoms with E-state index in [4.69, 9.17) is 11.6 Å². The lowest BCUT2D eigenvalue weighted by Gasteiger charge is -2.08. The lowest BCUT2D eigenvalue weighted by molar-refractivity contribution is -0.110. The quantitative estimate of drug-likeness (QED) is 0.689. The maximum Gasteiger partial charge on any atom is 0.256 e. The maximum atomic E-state index is 12.3. The monoisotopic (exact) mass is 376 g/mol. The van der Waals surface area contributed by atoms with Gasteiger partial charge in [0.05, 0.1) is 11.3 Å². The van der Waals surface area contributed by atoms with Crippen LogP contribution in [0.2, 0.25) is 5.02 Å². The summed E-state index contributed by atoms with van der Waals surface area (Å²) in [4.78, 5) is 15.7. The van der Waals surface area contributed by atoms with Crippen molar-refractivity contribution >= 4 is 50.8 Å². The standard InChI is InChI=1S/C17H14BrClN2O/c18-14-7-10(19)6-12-13(17(22)21-16(12)14)8-11-5-9-3-1-2-4-15(9)20-11/h5-8,20H,1-4H2,(H,21,22). The first-order valence-corrected chi connectivity index (χ1v) is 8.52. The highest BCUT2D eigenvalue weighted by Gasteiger charge is 2.27. The van der Waals surface area contributed by atoms with E-state index in [0.717, 1.165) is 34.3 Å². The fourth-order valence-corrected chi connectivity index (χ4v) is 4.13. The minimum absolute atomic E-state index is 0.0921. The zero-order valence-electron chi connectivity index (χ0n) is 11.8. The van der Waals surface area contributed by atoms with Gasteiger partial charge in [0.15, 0.2) is 0 Å². The van der Waals surface area contributed by atoms with E-state index in [0.29, 0.717) is 10.6 Å². The van der Waals surface area contributed by atoms with Crippen molar-refractivity contribution in [1.82, 2.24) is 4.98 Å². The Morgan fingerprint density at radius 2 is 2.00 bits per heavy atom. The summed E-state index contributed by atoms with van der Waals surface area (Å²) in [6, 6.07) is 5.78. The first-order chi connectivity index (χ1) is 10.6. The van der Waals surface area contributed by atoms with Gasteiger partial charge in [0.2, 0.25) is 0 Å². The number of aryl methyl sites for hydroxylation is 2. The maximum absolute atomic E-state index is 12.3. The van der Waals surface area contributed by atoms with Crippen molar-refractivity contribution in [2.75, 3.05) is 5.32 Å². The van der Waals surface area contributed by atoms with Crippen LogP contribution in [0.15, 0.2) is 22.7 Å². The molecule has 0 fully saturated rings. The van der Waals surface area contributed by atoms with Crippen molar-refractivity contribution in [2.24, 2.45) is 0 Å². The number of aromatic amines is 1. The normalized spacial score (nSPS) is 18.3. The highest BCUT2D eigenvalue weighted by atomic mass is 79.9. The zero-order chi connectivity index (χ0) is 15.3. The molecule has 0 unspecified atom stereocenters. The second-order valence-electron chi connectivity index (χ2n) is 5.76. The van der Waals surface area contributed by atoms with E-state index in [1.165, 1.54) is 24.1 Å². The largest absolute Gasteiger partial charge is 0.359 e. The number of halogens is 2. The molecule has 0 radical (unpaired) electrons. The van der Waals surface area contributed by atoms with Gasteiger partial charge in [-0.2, -0.15) is 0 Å². The van der Waals surface area contributed by atoms with Gasteiger partial charge in [0.1, 0.15) is 0 Å². The average molecular weight is 378 g/mol. The summed E-state index contributed by atoms with van der Waals surface area (Å²) < 4.78 is 0.803. The van der Waals surface area contributed by atoms with Crippen molar-refractivity contribution in [3.05, 3.63) is 50.2 Å². The van der Waals surface area contributed by atoms with Gasteiger partial charge in [-0.05, 0) is 71.5 Å². The Bertz CT molecular complexity index is 799. The van der Waals surface area contributed by atoms with E-state index in [9.17, 15) is 4.79 Å². The number of benzene rings is 1. The van der Waals surface area contributed by atoms with Gasteiger partial charge in [0.25, 0.3) is 5.91 Å². The lowest BCUT2D eigenvalue weighted by atomic mass is 9.98. The van der Waals surface area contributed by atoms with Crippen molar-refractivity contribution in [2.45, 2.75) is 25.7 Å². The van der Waals surface area contributed by atoms with Crippen LogP contribution in [0.4, 0.5) is 5.69 Å². The van der Waals surface area contributed by atoms with Crippen LogP contribution in [-0.4, -0.2) is 10.9 Å². The number of carbonyl (C=O) groups excluding carboxylic acids is 1. The molecule has 0 saturated heterocycles. The molecule has 22 heavy (non-hydrogen) atoms. The minimum atomic E-state index is -0.0921. The molecule has 5 heteroatoms. The number of anilines is 1. The number of amides is 1. The molecule has 4 rings (SSSR count). The topological polar surface area (TPSA) is 44.9 Å². The Balaban J connectivity index is 1.80. The number of carbonyl (C=O) groups is 1. The number of hydrogen-bond acceptors (Lipinski definition) is 1. The molecule has 2 aliphatic rings. The number of rotatable bonds is 1. The third-order valence-corrected chi connectivity index (χ3v) is 5.11. The molecule has 2 aromatic rings. The highest BCUT2D eigenvalue weighted by Crippen LogP contribution is 2.40. The number of fused-ring (bicyclic) bond motifs is 2. The molecule has 112 valence electrons. The van der Waals surface area contributed by atoms with Gasteiger partial charge in [-0.15, -0.1) is 0 Å². The molecule has 3 nitrogen and oxygen atoms in total. The SMILES string of the molecule is O=C1Nc2c(Br)cc(Cl)cc2C1=Cc1cc2c([nH]1)CCCC2. The van der Waals surface area contributed by atoms with Gasteiger partial charge < -0.3 is 10.3 Å². The summed E-state index contributed by atoms with van der Waals surface area (Å²) in [5.41, 5.74) is 5.96. The van der Waals surface area contributed by atoms with E-state index in [1.54, 1.807) is 6.07 Å². The molecule has 0 saturated carbocycles. The zero-order valence-corrected chi connectivity index (χ0v) is 14.1. The molecular weight excluding hydrogens is 364 g/mol. The average Bonchev–Trinajstić information content (AvgIpc) is 3.02. The summed E-state index contributed by atoms with van der Waals surface area (Å²) in [6.45, 7) is 0. The van der Waals surface area contributed by atoms with Crippen molar-refractivity contribution in [3.63, 3.8) is 0 Å². The van der Waals surface area contributed by atoms with Crippen LogP contribution in [-0.2, 0) is 17.6 Å². The fraction of sp³-hybridized carbons (Fsp3) is 0.235. The number of hydrogen-bond donors (Lipinski definition) is 2. The summed E-state index contributed by atoms with van der Waals surface area (Å²) in [5.74, 6) is -0.0921. The molecule has 1 aliphatic carbocycles. The van der Waals surface area contributed by atoms with Crippen LogP contribution in [0.1, 0.15) is 35.4 Å². The van der Waals surface area contributed by atoms with Gasteiger partial charge in [0, 0.05) is 26.4 Å². The molecule has 1 aliphatic heterocycles. The van der Waals surface area contributed by atoms with Crippen LogP contribution >= 0.6 is 27.5 Å². The van der Waals surface area contributed by atoms with Gasteiger partial charge in [-0.25, -0.2) is 0 Å². The summed E-state index contributed by atoms with van der Waals surface area (Å²) in [5, 5.41) is 3.51. The van der Waals surface area contributed by atoms with Crippen molar-refractivity contribution in [3.8, 4) is 0 Å². The van der Waals surface area contributed by atoms with Gasteiger partial charge >= 0.3 is 0 Å². The van der Waals surface area contributed by atoms with Crippen LogP contribution in [0.3, 0.4) is 0 Å². The molecule has 0 atom stereocenters. The number of aromatic nitrogens is 1. The minimum Gasteiger partial charge on any atom is -0.359 e. The second-order valence-corrected chi connectivity index (χ2v) is 7.05. The number of nitrogens with one attached hydrogen (secondary N) is 2. The third kappa shape index (κ3) is 2.31. The summed E-state index contributed by atoms with van der Waals surface area (Å²) in [7, 11) is 0. The lowest BCUT2D eigenvalue weighted by Crippen LogP contribution is -2.03. The molecule has 0 spiro atoms. The molecule has 2 heterocycles. The highest BCUT2D eigenvalue weighted by molar-refractivity contribution is 9.10.